The predicted octanol–water partition coefficient (Wildman–Crippen LogP) is 4.14. The van der Waals surface area contributed by atoms with Crippen LogP contribution in [0.4, 0.5) is 0 Å². The van der Waals surface area contributed by atoms with E-state index >= 15 is 0 Å². The second-order valence-electron chi connectivity index (χ2n) is 3.49. The number of pyridine rings is 2. The van der Waals surface area contributed by atoms with Crippen molar-refractivity contribution in [3.63, 3.8) is 0 Å². The van der Waals surface area contributed by atoms with Crippen molar-refractivity contribution in [1.82, 2.24) is 9.97 Å². The number of hydrogen-bond acceptors (Lipinski definition) is 2. The van der Waals surface area contributed by atoms with E-state index in [1.54, 1.807) is 0 Å². The van der Waals surface area contributed by atoms with Gasteiger partial charge in [0.2, 0.25) is 0 Å². The van der Waals surface area contributed by atoms with Gasteiger partial charge < -0.3 is 0 Å². The number of halogens is 2. The van der Waals surface area contributed by atoms with Crippen molar-refractivity contribution >= 4 is 18.8 Å². The Balaban J connectivity index is 0.000000437. The molecule has 2 aromatic rings. The quantitative estimate of drug-likeness (QED) is 0.653. The summed E-state index contributed by atoms with van der Waals surface area (Å²) in [6, 6.07) is 8.08. The Morgan fingerprint density at radius 2 is 1.18 bits per heavy atom. The molecule has 0 unspecified atom stereocenters. The molecule has 0 N–H and O–H groups in total. The molecule has 0 radical (unpaired) electrons. The van der Waals surface area contributed by atoms with Gasteiger partial charge in [0.15, 0.2) is 0 Å². The van der Waals surface area contributed by atoms with Crippen LogP contribution in [-0.2, 0) is 16.5 Å². The minimum atomic E-state index is -0.472. The first kappa shape index (κ1) is 14.6. The molecule has 5 heteroatoms. The van der Waals surface area contributed by atoms with Gasteiger partial charge in [0.25, 0.3) is 0 Å². The summed E-state index contributed by atoms with van der Waals surface area (Å²) < 4.78 is 0. The summed E-state index contributed by atoms with van der Waals surface area (Å²) >= 11 is -0.472. The van der Waals surface area contributed by atoms with Gasteiger partial charge in [0.05, 0.1) is 11.4 Å². The van der Waals surface area contributed by atoms with Crippen molar-refractivity contribution in [1.29, 1.82) is 0 Å². The van der Waals surface area contributed by atoms with E-state index in [0.717, 1.165) is 11.4 Å². The zero-order valence-corrected chi connectivity index (χ0v) is 13.2. The van der Waals surface area contributed by atoms with Gasteiger partial charge in [-0.2, -0.15) is 0 Å². The fourth-order valence-electron chi connectivity index (χ4n) is 1.24. The Bertz CT molecular complexity index is 400. The van der Waals surface area contributed by atoms with E-state index < -0.39 is 16.5 Å². The molecule has 2 rings (SSSR count). The Morgan fingerprint density at radius 1 is 0.824 bits per heavy atom. The zero-order chi connectivity index (χ0) is 12.7. The number of nitrogens with zero attached hydrogens (tertiary/aromatic N) is 2. The SMILES string of the molecule is Cc1ccc(-c2ccc(C)cn2)nc1.[Cl][Pt][Cl]. The monoisotopic (exact) mass is 449 g/mol. The molecule has 0 saturated heterocycles. The Labute approximate surface area is 118 Å². The van der Waals surface area contributed by atoms with Crippen LogP contribution in [0.2, 0.25) is 0 Å². The average molecular weight is 450 g/mol. The summed E-state index contributed by atoms with van der Waals surface area (Å²) in [6.07, 6.45) is 3.72. The van der Waals surface area contributed by atoms with Gasteiger partial charge in [-0.3, -0.25) is 9.97 Å². The fraction of sp³-hybridized carbons (Fsp3) is 0.167. The first-order valence-corrected chi connectivity index (χ1v) is 10.5. The summed E-state index contributed by atoms with van der Waals surface area (Å²) in [4.78, 5) is 8.63. The molecule has 0 saturated carbocycles. The Morgan fingerprint density at radius 3 is 1.41 bits per heavy atom. The maximum atomic E-state index is 4.88. The molecule has 17 heavy (non-hydrogen) atoms. The summed E-state index contributed by atoms with van der Waals surface area (Å²) in [5, 5.41) is 0. The third-order valence-electron chi connectivity index (χ3n) is 2.09. The number of aromatic nitrogens is 2. The van der Waals surface area contributed by atoms with E-state index in [2.05, 4.69) is 9.97 Å². The molecule has 2 nitrogen and oxygen atoms in total. The molecule has 0 atom stereocenters. The fourth-order valence-corrected chi connectivity index (χ4v) is 1.24. The van der Waals surface area contributed by atoms with Crippen LogP contribution in [0.1, 0.15) is 11.1 Å². The van der Waals surface area contributed by atoms with Gasteiger partial charge in [-0.05, 0) is 37.1 Å². The number of rotatable bonds is 1. The van der Waals surface area contributed by atoms with Crippen molar-refractivity contribution in [2.45, 2.75) is 13.8 Å². The molecular weight excluding hydrogens is 438 g/mol. The van der Waals surface area contributed by atoms with Gasteiger partial charge in [0.1, 0.15) is 0 Å². The van der Waals surface area contributed by atoms with Crippen LogP contribution in [-0.4, -0.2) is 9.97 Å². The molecule has 0 amide bonds. The second-order valence-corrected chi connectivity index (χ2v) is 6.77. The third kappa shape index (κ3) is 5.16. The summed E-state index contributed by atoms with van der Waals surface area (Å²) in [5.74, 6) is 0. The van der Waals surface area contributed by atoms with Crippen LogP contribution in [0.3, 0.4) is 0 Å². The summed E-state index contributed by atoms with van der Waals surface area (Å²) in [7, 11) is 9.75. The molecule has 0 aliphatic rings. The van der Waals surface area contributed by atoms with Gasteiger partial charge in [-0.25, -0.2) is 0 Å². The van der Waals surface area contributed by atoms with E-state index in [4.69, 9.17) is 18.8 Å². The van der Waals surface area contributed by atoms with Crippen molar-refractivity contribution in [3.8, 4) is 11.4 Å². The van der Waals surface area contributed by atoms with Crippen LogP contribution in [0, 0.1) is 13.8 Å². The summed E-state index contributed by atoms with van der Waals surface area (Å²) in [6.45, 7) is 4.05. The van der Waals surface area contributed by atoms with E-state index in [1.807, 2.05) is 50.5 Å². The van der Waals surface area contributed by atoms with Gasteiger partial charge >= 0.3 is 35.3 Å². The average Bonchev–Trinajstić information content (AvgIpc) is 2.32. The summed E-state index contributed by atoms with van der Waals surface area (Å²) in [5.41, 5.74) is 4.19. The van der Waals surface area contributed by atoms with Crippen LogP contribution in [0.25, 0.3) is 11.4 Å². The molecule has 0 bridgehead atoms. The van der Waals surface area contributed by atoms with E-state index in [-0.39, 0.29) is 0 Å². The van der Waals surface area contributed by atoms with Crippen LogP contribution < -0.4 is 0 Å². The standard InChI is InChI=1S/C12H12N2.2ClH.Pt/c1-9-3-5-11(13-7-9)12-6-4-10(2)8-14-12;;;/h3-8H,1-2H3;2*1H;/q;;;+2/p-2. The van der Waals surface area contributed by atoms with Gasteiger partial charge in [-0.15, -0.1) is 0 Å². The molecule has 0 aromatic carbocycles. The molecule has 94 valence electrons. The first-order valence-electron chi connectivity index (χ1n) is 4.85. The first-order chi connectivity index (χ1) is 8.17. The van der Waals surface area contributed by atoms with Crippen LogP contribution in [0.15, 0.2) is 36.7 Å². The molecule has 0 aliphatic carbocycles. The van der Waals surface area contributed by atoms with Crippen molar-refractivity contribution < 1.29 is 16.5 Å². The van der Waals surface area contributed by atoms with Crippen LogP contribution >= 0.6 is 18.8 Å². The van der Waals surface area contributed by atoms with Crippen molar-refractivity contribution in [2.75, 3.05) is 0 Å². The Hall–Kier alpha value is -0.432. The third-order valence-corrected chi connectivity index (χ3v) is 2.09. The van der Waals surface area contributed by atoms with Gasteiger partial charge in [0, 0.05) is 12.4 Å². The van der Waals surface area contributed by atoms with E-state index in [9.17, 15) is 0 Å². The van der Waals surface area contributed by atoms with Crippen molar-refractivity contribution in [2.24, 2.45) is 0 Å². The Kier molecular flexibility index (Phi) is 6.72. The molecular formula is C12H12Cl2N2Pt. The number of aryl methyl sites for hydroxylation is 2. The second kappa shape index (κ2) is 7.81. The molecule has 2 aromatic heterocycles. The molecule has 0 aliphatic heterocycles. The minimum absolute atomic E-state index is 0.472. The molecule has 2 heterocycles. The van der Waals surface area contributed by atoms with Crippen LogP contribution in [0.5, 0.6) is 0 Å². The predicted molar refractivity (Wildman–Crippen MR) is 68.6 cm³/mol. The molecule has 0 spiro atoms. The maximum absolute atomic E-state index is 4.88. The number of hydrogen-bond donors (Lipinski definition) is 0. The van der Waals surface area contributed by atoms with Crippen molar-refractivity contribution in [3.05, 3.63) is 47.8 Å². The van der Waals surface area contributed by atoms with Gasteiger partial charge in [-0.1, -0.05) is 12.1 Å². The molecule has 0 fully saturated rings. The van der Waals surface area contributed by atoms with E-state index in [0.29, 0.717) is 0 Å². The topological polar surface area (TPSA) is 25.8 Å². The zero-order valence-electron chi connectivity index (χ0n) is 9.43. The normalized spacial score (nSPS) is 9.65. The van der Waals surface area contributed by atoms with E-state index in [1.165, 1.54) is 11.1 Å².